The van der Waals surface area contributed by atoms with E-state index in [0.29, 0.717) is 0 Å². The molecule has 13 aromatic rings. The molecule has 0 saturated heterocycles. The molecule has 0 bridgehead atoms. The summed E-state index contributed by atoms with van der Waals surface area (Å²) in [4.78, 5) is 0. The van der Waals surface area contributed by atoms with Gasteiger partial charge in [0.15, 0.2) is 0 Å². The van der Waals surface area contributed by atoms with Crippen LogP contribution in [-0.2, 0) is 0 Å². The van der Waals surface area contributed by atoms with Crippen molar-refractivity contribution in [2.75, 3.05) is 6.26 Å². The van der Waals surface area contributed by atoms with Crippen LogP contribution in [-0.4, -0.2) is 10.8 Å². The van der Waals surface area contributed by atoms with Crippen LogP contribution in [0.5, 0.6) is 0 Å². The van der Waals surface area contributed by atoms with E-state index in [-0.39, 0.29) is 0 Å². The predicted octanol–water partition coefficient (Wildman–Crippen LogP) is 21.3. The van der Waals surface area contributed by atoms with E-state index in [1.807, 2.05) is 13.8 Å². The van der Waals surface area contributed by atoms with Crippen LogP contribution in [0.4, 0.5) is 0 Å². The lowest BCUT2D eigenvalue weighted by Gasteiger charge is -2.10. The molecule has 0 aliphatic carbocycles. The summed E-state index contributed by atoms with van der Waals surface area (Å²) in [5.74, 6) is 0. The largest absolute Gasteiger partial charge is 0.455 e. The van der Waals surface area contributed by atoms with E-state index in [1.54, 1.807) is 18.4 Å². The number of allylic oxidation sites excluding steroid dienone is 2. The van der Waals surface area contributed by atoms with Crippen LogP contribution in [0, 0.1) is 0 Å². The van der Waals surface area contributed by atoms with E-state index >= 15 is 0 Å². The molecule has 2 aromatic heterocycles. The van der Waals surface area contributed by atoms with Crippen molar-refractivity contribution < 1.29 is 4.42 Å². The SMILES string of the molecule is C=CC=C.CC.CS.c1ccc(-c2ccc(-c3ccc(-c4ccc(-c5ccc(-c6cccc(-c7ccc8oc9c(-c%10cccc(-n%11c%12ccccc%12c%12ccccc%12%11)c%10)cccc9c8c7)c6)cc5)cc4)cc3)cc2)cc1. The topological polar surface area (TPSA) is 18.1 Å². The number of hydrogen-bond acceptors (Lipinski definition) is 2. The zero-order valence-electron chi connectivity index (χ0n) is 43.2. The van der Waals surface area contributed by atoms with Gasteiger partial charge in [0.05, 0.1) is 11.0 Å². The van der Waals surface area contributed by atoms with Crippen LogP contribution in [0.2, 0.25) is 0 Å². The fourth-order valence-electron chi connectivity index (χ4n) is 10.1. The number of para-hydroxylation sites is 3. The van der Waals surface area contributed by atoms with E-state index in [1.165, 1.54) is 83.0 Å². The Balaban J connectivity index is 0.000000778. The van der Waals surface area contributed by atoms with E-state index in [0.717, 1.165) is 44.3 Å². The van der Waals surface area contributed by atoms with Gasteiger partial charge in [0.2, 0.25) is 0 Å². The number of thiol groups is 1. The van der Waals surface area contributed by atoms with Crippen molar-refractivity contribution >= 4 is 56.4 Å². The van der Waals surface area contributed by atoms with Gasteiger partial charge >= 0.3 is 0 Å². The summed E-state index contributed by atoms with van der Waals surface area (Å²) in [6.07, 6.45) is 4.97. The van der Waals surface area contributed by atoms with Gasteiger partial charge in [-0.1, -0.05) is 258 Å². The molecule has 0 radical (unpaired) electrons. The standard InChI is InChI=1S/C66H43NO.C4H6.C2H6.CH4S/c1-2-11-44(12-3-1)45-23-25-46(26-24-45)47-27-29-48(30-28-47)49-31-33-50(34-32-49)51-35-37-52(38-36-51)53-13-8-14-54(41-53)55-39-40-65-62(43-55)61-20-10-19-58(66(61)68-65)56-15-9-16-57(42-56)67-63-21-6-4-17-59(63)60-18-5-7-22-64(60)67;1-3-4-2;2*1-2/h1-43H;3-4H,1-2H2;1-2H3;2H,1H3. The number of nitrogens with zero attached hydrogens (tertiary/aromatic N) is 1. The third kappa shape index (κ3) is 10.2. The molecule has 0 aliphatic heterocycles. The zero-order chi connectivity index (χ0) is 52.4. The fourth-order valence-corrected chi connectivity index (χ4v) is 10.1. The van der Waals surface area contributed by atoms with Crippen LogP contribution in [0.25, 0.3) is 127 Å². The molecule has 0 saturated carbocycles. The van der Waals surface area contributed by atoms with Gasteiger partial charge in [-0.05, 0) is 121 Å². The quantitative estimate of drug-likeness (QED) is 0.113. The Morgan fingerprint density at radius 3 is 1.17 bits per heavy atom. The molecule has 0 fully saturated rings. The van der Waals surface area contributed by atoms with Gasteiger partial charge in [0.1, 0.15) is 11.2 Å². The molecule has 3 heteroatoms. The third-order valence-corrected chi connectivity index (χ3v) is 13.8. The lowest BCUT2D eigenvalue weighted by molar-refractivity contribution is 0.670. The highest BCUT2D eigenvalue weighted by Gasteiger charge is 2.16. The summed E-state index contributed by atoms with van der Waals surface area (Å²) < 4.78 is 9.07. The molecule has 368 valence electrons. The van der Waals surface area contributed by atoms with E-state index in [4.69, 9.17) is 4.42 Å². The molecule has 0 amide bonds. The van der Waals surface area contributed by atoms with Crippen LogP contribution in [0.1, 0.15) is 13.8 Å². The minimum absolute atomic E-state index is 0.883. The average molecular weight is 998 g/mol. The number of aromatic nitrogens is 1. The van der Waals surface area contributed by atoms with Gasteiger partial charge in [-0.3, -0.25) is 0 Å². The molecule has 0 atom stereocenters. The predicted molar refractivity (Wildman–Crippen MR) is 333 cm³/mol. The van der Waals surface area contributed by atoms with Crippen molar-refractivity contribution in [2.45, 2.75) is 13.8 Å². The second kappa shape index (κ2) is 23.4. The molecule has 2 nitrogen and oxygen atoms in total. The Labute approximate surface area is 452 Å². The Kier molecular flexibility index (Phi) is 15.5. The van der Waals surface area contributed by atoms with Crippen molar-refractivity contribution in [1.82, 2.24) is 4.57 Å². The summed E-state index contributed by atoms with van der Waals surface area (Å²) in [5.41, 5.74) is 21.9. The molecule has 0 aliphatic rings. The average Bonchev–Trinajstić information content (AvgIpc) is 4.11. The highest BCUT2D eigenvalue weighted by Crippen LogP contribution is 2.40. The van der Waals surface area contributed by atoms with Crippen molar-refractivity contribution in [3.05, 3.63) is 286 Å². The second-order valence-corrected chi connectivity index (χ2v) is 18.1. The number of furan rings is 1. The van der Waals surface area contributed by atoms with E-state index in [2.05, 4.69) is 291 Å². The van der Waals surface area contributed by atoms with Crippen LogP contribution in [0.3, 0.4) is 0 Å². The molecule has 76 heavy (non-hydrogen) atoms. The van der Waals surface area contributed by atoms with E-state index < -0.39 is 0 Å². The van der Waals surface area contributed by atoms with Gasteiger partial charge in [-0.2, -0.15) is 12.6 Å². The van der Waals surface area contributed by atoms with Crippen LogP contribution in [0.15, 0.2) is 291 Å². The minimum Gasteiger partial charge on any atom is -0.455 e. The summed E-state index contributed by atoms with van der Waals surface area (Å²) in [6, 6.07) is 94.1. The minimum atomic E-state index is 0.883. The fraction of sp³-hybridized carbons (Fsp3) is 0.0411. The van der Waals surface area contributed by atoms with Crippen LogP contribution >= 0.6 is 12.6 Å². The first-order valence-electron chi connectivity index (χ1n) is 25.9. The lowest BCUT2D eigenvalue weighted by Crippen LogP contribution is -1.94. The van der Waals surface area contributed by atoms with Crippen molar-refractivity contribution in [1.29, 1.82) is 0 Å². The highest BCUT2D eigenvalue weighted by atomic mass is 32.1. The van der Waals surface area contributed by atoms with Crippen molar-refractivity contribution in [2.24, 2.45) is 0 Å². The normalized spacial score (nSPS) is 10.7. The van der Waals surface area contributed by atoms with E-state index in [9.17, 15) is 0 Å². The monoisotopic (exact) mass is 997 g/mol. The summed E-state index contributed by atoms with van der Waals surface area (Å²) in [7, 11) is 0. The Hall–Kier alpha value is -9.15. The number of hydrogen-bond donors (Lipinski definition) is 1. The van der Waals surface area contributed by atoms with Gasteiger partial charge in [-0.25, -0.2) is 0 Å². The highest BCUT2D eigenvalue weighted by molar-refractivity contribution is 7.79. The molecular weight excluding hydrogens is 939 g/mol. The van der Waals surface area contributed by atoms with Gasteiger partial charge in [0, 0.05) is 32.8 Å². The maximum absolute atomic E-state index is 6.70. The van der Waals surface area contributed by atoms with Gasteiger partial charge in [0.25, 0.3) is 0 Å². The molecule has 2 heterocycles. The second-order valence-electron chi connectivity index (χ2n) is 18.1. The Morgan fingerprint density at radius 2 is 0.671 bits per heavy atom. The third-order valence-electron chi connectivity index (χ3n) is 13.8. The van der Waals surface area contributed by atoms with Crippen LogP contribution < -0.4 is 0 Å². The number of fused-ring (bicyclic) bond motifs is 6. The maximum atomic E-state index is 6.70. The smallest absolute Gasteiger partial charge is 0.143 e. The first kappa shape index (κ1) is 50.4. The molecule has 13 rings (SSSR count). The Morgan fingerprint density at radius 1 is 0.316 bits per heavy atom. The zero-order valence-corrected chi connectivity index (χ0v) is 44.1. The number of benzene rings is 11. The van der Waals surface area contributed by atoms with Crippen molar-refractivity contribution in [3.63, 3.8) is 0 Å². The van der Waals surface area contributed by atoms with Crippen molar-refractivity contribution in [3.8, 4) is 83.6 Å². The first-order valence-corrected chi connectivity index (χ1v) is 26.8. The molecule has 0 spiro atoms. The molecule has 11 aromatic carbocycles. The first-order chi connectivity index (χ1) is 37.6. The van der Waals surface area contributed by atoms with Gasteiger partial charge < -0.3 is 8.98 Å². The Bertz CT molecular complexity index is 4030. The van der Waals surface area contributed by atoms with Gasteiger partial charge in [-0.15, -0.1) is 0 Å². The summed E-state index contributed by atoms with van der Waals surface area (Å²) in [5, 5.41) is 4.73. The summed E-state index contributed by atoms with van der Waals surface area (Å²) in [6.45, 7) is 10.7. The number of rotatable bonds is 9. The maximum Gasteiger partial charge on any atom is 0.143 e. The molecular formula is C73H59NOS. The molecule has 0 N–H and O–H groups in total. The molecule has 0 unspecified atom stereocenters. The lowest BCUT2D eigenvalue weighted by atomic mass is 9.95. The summed E-state index contributed by atoms with van der Waals surface area (Å²) >= 11 is 3.53.